The minimum Gasteiger partial charge on any atom is -0.253 e. The molecule has 88 valence electrons. The second kappa shape index (κ2) is 5.75. The molecule has 0 aromatic carbocycles. The van der Waals surface area contributed by atoms with Gasteiger partial charge in [0.15, 0.2) is 0 Å². The monoisotopic (exact) mass is 263 g/mol. The van der Waals surface area contributed by atoms with Crippen LogP contribution in [-0.2, 0) is 0 Å². The van der Waals surface area contributed by atoms with Gasteiger partial charge < -0.3 is 0 Å². The fourth-order valence-corrected chi connectivity index (χ4v) is 2.65. The van der Waals surface area contributed by atoms with Crippen LogP contribution in [0.15, 0.2) is 45.6 Å². The highest BCUT2D eigenvalue weighted by Gasteiger charge is 1.98. The van der Waals surface area contributed by atoms with E-state index in [1.807, 2.05) is 40.7 Å². The summed E-state index contributed by atoms with van der Waals surface area (Å²) in [5.74, 6) is 0. The number of aryl methyl sites for hydroxylation is 1. The number of hydrogen-bond acceptors (Lipinski definition) is 4. The van der Waals surface area contributed by atoms with Crippen LogP contribution in [0.4, 0.5) is 0 Å². The first-order chi connectivity index (χ1) is 8.31. The van der Waals surface area contributed by atoms with Crippen molar-refractivity contribution in [2.45, 2.75) is 6.92 Å². The van der Waals surface area contributed by atoms with Gasteiger partial charge in [-0.1, -0.05) is 12.1 Å². The zero-order valence-corrected chi connectivity index (χ0v) is 11.2. The summed E-state index contributed by atoms with van der Waals surface area (Å²) in [5, 5.41) is 8.53. The van der Waals surface area contributed by atoms with Crippen molar-refractivity contribution in [2.75, 3.05) is 6.54 Å². The summed E-state index contributed by atoms with van der Waals surface area (Å²) in [6.45, 7) is 6.31. The van der Waals surface area contributed by atoms with Crippen molar-refractivity contribution in [1.82, 2.24) is 4.68 Å². The van der Waals surface area contributed by atoms with Crippen LogP contribution in [0.1, 0.15) is 10.6 Å². The Morgan fingerprint density at radius 3 is 3.06 bits per heavy atom. The number of thiazole rings is 1. The zero-order chi connectivity index (χ0) is 12.1. The molecule has 0 saturated carbocycles. The normalized spacial score (nSPS) is 12.4. The van der Waals surface area contributed by atoms with Gasteiger partial charge in [-0.2, -0.15) is 5.10 Å². The van der Waals surface area contributed by atoms with Crippen molar-refractivity contribution in [2.24, 2.45) is 10.1 Å². The maximum Gasteiger partial charge on any atom is 0.206 e. The average molecular weight is 263 g/mol. The molecule has 2 aromatic heterocycles. The van der Waals surface area contributed by atoms with Crippen molar-refractivity contribution in [3.63, 3.8) is 0 Å². The first-order valence-electron chi connectivity index (χ1n) is 5.17. The molecule has 0 aliphatic heterocycles. The number of rotatable bonds is 4. The van der Waals surface area contributed by atoms with Crippen molar-refractivity contribution >= 4 is 28.9 Å². The van der Waals surface area contributed by atoms with Crippen LogP contribution >= 0.6 is 22.7 Å². The Morgan fingerprint density at radius 1 is 1.47 bits per heavy atom. The molecule has 0 spiro atoms. The van der Waals surface area contributed by atoms with E-state index in [1.54, 1.807) is 28.7 Å². The smallest absolute Gasteiger partial charge is 0.206 e. The predicted molar refractivity (Wildman–Crippen MR) is 75.0 cm³/mol. The SMILES string of the molecule is C=CCN=c1scc(C)n1/N=C\c1cccs1. The van der Waals surface area contributed by atoms with Crippen LogP contribution < -0.4 is 4.80 Å². The Hall–Kier alpha value is -1.46. The van der Waals surface area contributed by atoms with E-state index >= 15 is 0 Å². The van der Waals surface area contributed by atoms with Gasteiger partial charge in [0.1, 0.15) is 0 Å². The van der Waals surface area contributed by atoms with Crippen LogP contribution in [0, 0.1) is 6.92 Å². The summed E-state index contributed by atoms with van der Waals surface area (Å²) >= 11 is 3.26. The van der Waals surface area contributed by atoms with Crippen molar-refractivity contribution in [3.8, 4) is 0 Å². The fourth-order valence-electron chi connectivity index (χ4n) is 1.26. The highest BCUT2D eigenvalue weighted by molar-refractivity contribution is 7.11. The molecule has 0 amide bonds. The van der Waals surface area contributed by atoms with Crippen molar-refractivity contribution in [1.29, 1.82) is 0 Å². The molecule has 0 unspecified atom stereocenters. The highest BCUT2D eigenvalue weighted by atomic mass is 32.1. The number of nitrogens with zero attached hydrogens (tertiary/aromatic N) is 3. The molecule has 0 aliphatic rings. The van der Waals surface area contributed by atoms with Crippen molar-refractivity contribution in [3.05, 3.63) is 50.9 Å². The standard InChI is InChI=1S/C12H13N3S2/c1-3-6-13-12-15(10(2)9-17-12)14-8-11-5-4-7-16-11/h3-5,7-9H,1,6H2,2H3/b13-12?,14-8-. The molecule has 2 aromatic rings. The second-order valence-corrected chi connectivity index (χ2v) is 5.18. The lowest BCUT2D eigenvalue weighted by atomic mass is 10.5. The van der Waals surface area contributed by atoms with E-state index in [-0.39, 0.29) is 0 Å². The summed E-state index contributed by atoms with van der Waals surface area (Å²) in [6, 6.07) is 4.05. The van der Waals surface area contributed by atoms with Gasteiger partial charge in [-0.05, 0) is 18.4 Å². The fraction of sp³-hybridized carbons (Fsp3) is 0.167. The Bertz CT molecular complexity index is 573. The summed E-state index contributed by atoms with van der Waals surface area (Å²) in [5.41, 5.74) is 1.09. The molecule has 2 rings (SSSR count). The van der Waals surface area contributed by atoms with E-state index in [0.717, 1.165) is 15.4 Å². The Morgan fingerprint density at radius 2 is 2.35 bits per heavy atom. The molecular formula is C12H13N3S2. The Balaban J connectivity index is 2.32. The van der Waals surface area contributed by atoms with E-state index in [4.69, 9.17) is 0 Å². The van der Waals surface area contributed by atoms with Gasteiger partial charge >= 0.3 is 0 Å². The quantitative estimate of drug-likeness (QED) is 0.600. The topological polar surface area (TPSA) is 29.6 Å². The minimum absolute atomic E-state index is 0.620. The molecule has 0 fully saturated rings. The largest absolute Gasteiger partial charge is 0.253 e. The minimum atomic E-state index is 0.620. The second-order valence-electron chi connectivity index (χ2n) is 3.36. The molecule has 0 bridgehead atoms. The maximum absolute atomic E-state index is 4.45. The lowest BCUT2D eigenvalue weighted by molar-refractivity contribution is 0.799. The third-order valence-corrected chi connectivity index (χ3v) is 3.83. The first kappa shape index (κ1) is 12.0. The Labute approximate surface area is 108 Å². The van der Waals surface area contributed by atoms with Gasteiger partial charge in [0.2, 0.25) is 4.80 Å². The zero-order valence-electron chi connectivity index (χ0n) is 9.54. The van der Waals surface area contributed by atoms with Crippen LogP contribution in [0.5, 0.6) is 0 Å². The van der Waals surface area contributed by atoms with E-state index in [1.165, 1.54) is 0 Å². The molecule has 0 aliphatic carbocycles. The molecule has 2 heterocycles. The van der Waals surface area contributed by atoms with Crippen LogP contribution in [0.2, 0.25) is 0 Å². The van der Waals surface area contributed by atoms with Gasteiger partial charge in [0.05, 0.1) is 18.5 Å². The van der Waals surface area contributed by atoms with Crippen molar-refractivity contribution < 1.29 is 0 Å². The van der Waals surface area contributed by atoms with Gasteiger partial charge in [-0.15, -0.1) is 29.3 Å². The van der Waals surface area contributed by atoms with E-state index in [9.17, 15) is 0 Å². The van der Waals surface area contributed by atoms with Crippen LogP contribution in [0.3, 0.4) is 0 Å². The van der Waals surface area contributed by atoms with Crippen LogP contribution in [0.25, 0.3) is 0 Å². The third-order valence-electron chi connectivity index (χ3n) is 2.05. The lowest BCUT2D eigenvalue weighted by Gasteiger charge is -1.95. The molecule has 0 radical (unpaired) electrons. The summed E-state index contributed by atoms with van der Waals surface area (Å²) in [6.07, 6.45) is 3.64. The molecular weight excluding hydrogens is 250 g/mol. The molecule has 0 N–H and O–H groups in total. The van der Waals surface area contributed by atoms with E-state index < -0.39 is 0 Å². The summed E-state index contributed by atoms with van der Waals surface area (Å²) in [4.78, 5) is 6.43. The van der Waals surface area contributed by atoms with E-state index in [0.29, 0.717) is 6.54 Å². The summed E-state index contributed by atoms with van der Waals surface area (Å²) in [7, 11) is 0. The molecule has 3 nitrogen and oxygen atoms in total. The third kappa shape index (κ3) is 3.01. The predicted octanol–water partition coefficient (Wildman–Crippen LogP) is 2.89. The Kier molecular flexibility index (Phi) is 4.06. The molecule has 5 heteroatoms. The number of aromatic nitrogens is 1. The molecule has 0 saturated heterocycles. The lowest BCUT2D eigenvalue weighted by Crippen LogP contribution is -2.12. The van der Waals surface area contributed by atoms with Gasteiger partial charge in [0, 0.05) is 10.3 Å². The van der Waals surface area contributed by atoms with Gasteiger partial charge in [-0.3, -0.25) is 4.99 Å². The summed E-state index contributed by atoms with van der Waals surface area (Å²) < 4.78 is 1.86. The molecule has 0 atom stereocenters. The number of thiophene rings is 1. The highest BCUT2D eigenvalue weighted by Crippen LogP contribution is 2.05. The van der Waals surface area contributed by atoms with E-state index in [2.05, 4.69) is 16.7 Å². The molecule has 17 heavy (non-hydrogen) atoms. The van der Waals surface area contributed by atoms with Gasteiger partial charge in [-0.25, -0.2) is 4.68 Å². The average Bonchev–Trinajstić information content (AvgIpc) is 2.94. The van der Waals surface area contributed by atoms with Gasteiger partial charge in [0.25, 0.3) is 0 Å². The first-order valence-corrected chi connectivity index (χ1v) is 6.93. The van der Waals surface area contributed by atoms with Crippen LogP contribution in [-0.4, -0.2) is 17.4 Å². The number of hydrogen-bond donors (Lipinski definition) is 0. The maximum atomic E-state index is 4.45.